The number of carbonyl (C=O) groups excluding carboxylic acids is 2. The van der Waals surface area contributed by atoms with Gasteiger partial charge in [0.1, 0.15) is 24.4 Å². The van der Waals surface area contributed by atoms with Crippen molar-refractivity contribution >= 4 is 11.9 Å². The lowest BCUT2D eigenvalue weighted by atomic mass is 9.99. The van der Waals surface area contributed by atoms with E-state index in [0.717, 1.165) is 116 Å². The Morgan fingerprint density at radius 2 is 0.911 bits per heavy atom. The van der Waals surface area contributed by atoms with E-state index in [9.17, 15) is 35.1 Å². The van der Waals surface area contributed by atoms with Gasteiger partial charge >= 0.3 is 5.97 Å². The van der Waals surface area contributed by atoms with Gasteiger partial charge in [0, 0.05) is 6.42 Å². The summed E-state index contributed by atoms with van der Waals surface area (Å²) in [5.41, 5.74) is 0. The first-order valence-electron chi connectivity index (χ1n) is 32.4. The molecule has 8 unspecified atom stereocenters. The highest BCUT2D eigenvalue weighted by atomic mass is 16.7. The largest absolute Gasteiger partial charge is 0.454 e. The zero-order valence-electron chi connectivity index (χ0n) is 50.5. The van der Waals surface area contributed by atoms with Gasteiger partial charge in [0.25, 0.3) is 0 Å². The third-order valence-corrected chi connectivity index (χ3v) is 14.8. The van der Waals surface area contributed by atoms with Crippen LogP contribution in [0.15, 0.2) is 85.1 Å². The van der Waals surface area contributed by atoms with Crippen molar-refractivity contribution in [1.82, 2.24) is 5.32 Å². The standard InChI is InChI=1S/C68H119NO10/c1-4-7-10-13-16-19-22-25-26-27-28-29-30-31-32-33-34-35-36-38-41-44-47-50-53-56-63(73)79-66-65(75)64(74)62(57-70)78-68(66)77-58-59(60(71)54-51-48-45-42-40-37-23-20-17-14-11-8-5-2)69-67(76)61(72)55-52-49-46-43-39-24-21-18-15-12-9-6-3/h7,10,16,19,25-26,28-29,31-32,34-35,51,54,59-62,64-66,68,70-72,74-75H,4-6,8-9,11-15,17-18,20-24,27,30,33,36-50,52-53,55-58H2,1-3H3,(H,69,76)/b10-7-,19-16-,26-25-,29-28-,32-31-,35-34-,54-51+. The number of rotatable bonds is 54. The van der Waals surface area contributed by atoms with E-state index in [2.05, 4.69) is 99.0 Å². The molecule has 11 nitrogen and oxygen atoms in total. The van der Waals surface area contributed by atoms with Crippen LogP contribution < -0.4 is 5.32 Å². The number of aliphatic hydroxyl groups is 5. The van der Waals surface area contributed by atoms with Gasteiger partial charge in [0.2, 0.25) is 5.91 Å². The van der Waals surface area contributed by atoms with Gasteiger partial charge in [0.15, 0.2) is 12.4 Å². The fourth-order valence-electron chi connectivity index (χ4n) is 9.71. The Labute approximate surface area is 483 Å². The van der Waals surface area contributed by atoms with E-state index in [4.69, 9.17) is 14.2 Å². The molecule has 0 radical (unpaired) electrons. The zero-order chi connectivity index (χ0) is 57.5. The van der Waals surface area contributed by atoms with E-state index in [1.165, 1.54) is 109 Å². The van der Waals surface area contributed by atoms with Crippen molar-refractivity contribution in [3.63, 3.8) is 0 Å². The third kappa shape index (κ3) is 43.2. The van der Waals surface area contributed by atoms with Gasteiger partial charge in [-0.05, 0) is 77.0 Å². The molecule has 0 spiro atoms. The fraction of sp³-hybridized carbons (Fsp3) is 0.765. The summed E-state index contributed by atoms with van der Waals surface area (Å²) in [4.78, 5) is 26.6. The molecule has 0 bridgehead atoms. The third-order valence-electron chi connectivity index (χ3n) is 14.8. The molecule has 0 saturated carbocycles. The normalized spacial score (nSPS) is 19.4. The molecule has 6 N–H and O–H groups in total. The molecule has 1 rings (SSSR count). The summed E-state index contributed by atoms with van der Waals surface area (Å²) in [6.45, 7) is 5.67. The summed E-state index contributed by atoms with van der Waals surface area (Å²) in [7, 11) is 0. The van der Waals surface area contributed by atoms with Crippen LogP contribution in [0.25, 0.3) is 0 Å². The molecule has 1 heterocycles. The van der Waals surface area contributed by atoms with E-state index >= 15 is 0 Å². The van der Waals surface area contributed by atoms with E-state index in [0.29, 0.717) is 19.3 Å². The van der Waals surface area contributed by atoms with Gasteiger partial charge in [-0.2, -0.15) is 0 Å². The van der Waals surface area contributed by atoms with Gasteiger partial charge in [-0.15, -0.1) is 0 Å². The Balaban J connectivity index is 2.63. The molecule has 79 heavy (non-hydrogen) atoms. The van der Waals surface area contributed by atoms with Crippen molar-refractivity contribution in [2.75, 3.05) is 13.2 Å². The summed E-state index contributed by atoms with van der Waals surface area (Å²) < 4.78 is 17.6. The molecule has 1 fully saturated rings. The second-order valence-corrected chi connectivity index (χ2v) is 22.1. The molecule has 8 atom stereocenters. The first-order valence-corrected chi connectivity index (χ1v) is 32.4. The van der Waals surface area contributed by atoms with E-state index < -0.39 is 67.4 Å². The second kappa shape index (κ2) is 55.4. The van der Waals surface area contributed by atoms with E-state index in [-0.39, 0.29) is 13.0 Å². The lowest BCUT2D eigenvalue weighted by Gasteiger charge is -2.41. The van der Waals surface area contributed by atoms with Crippen LogP contribution in [0.2, 0.25) is 0 Å². The molecule has 1 amide bonds. The summed E-state index contributed by atoms with van der Waals surface area (Å²) in [5.74, 6) is -1.21. The number of carbonyl (C=O) groups is 2. The molecule has 0 aliphatic carbocycles. The summed E-state index contributed by atoms with van der Waals surface area (Å²) in [5, 5.41) is 57.0. The highest BCUT2D eigenvalue weighted by Gasteiger charge is 2.47. The number of allylic oxidation sites excluding steroid dienone is 13. The van der Waals surface area contributed by atoms with Crippen molar-refractivity contribution in [3.8, 4) is 0 Å². The fourth-order valence-corrected chi connectivity index (χ4v) is 9.71. The Bertz CT molecular complexity index is 1610. The highest BCUT2D eigenvalue weighted by Crippen LogP contribution is 2.26. The van der Waals surface area contributed by atoms with Crippen LogP contribution in [0, 0.1) is 0 Å². The molecule has 1 saturated heterocycles. The van der Waals surface area contributed by atoms with Gasteiger partial charge in [-0.1, -0.05) is 273 Å². The van der Waals surface area contributed by atoms with Crippen LogP contribution in [0.5, 0.6) is 0 Å². The highest BCUT2D eigenvalue weighted by molar-refractivity contribution is 5.80. The lowest BCUT2D eigenvalue weighted by Crippen LogP contribution is -2.61. The van der Waals surface area contributed by atoms with Crippen LogP contribution in [-0.2, 0) is 23.8 Å². The quantitative estimate of drug-likeness (QED) is 0.0195. The van der Waals surface area contributed by atoms with Crippen molar-refractivity contribution in [2.24, 2.45) is 0 Å². The molecular weight excluding hydrogens is 991 g/mol. The lowest BCUT2D eigenvalue weighted by molar-refractivity contribution is -0.305. The van der Waals surface area contributed by atoms with Gasteiger partial charge in [-0.25, -0.2) is 0 Å². The molecule has 11 heteroatoms. The molecule has 0 aromatic rings. The van der Waals surface area contributed by atoms with Crippen molar-refractivity contribution in [2.45, 2.75) is 320 Å². The van der Waals surface area contributed by atoms with Crippen molar-refractivity contribution in [3.05, 3.63) is 85.1 Å². The summed E-state index contributed by atoms with van der Waals surface area (Å²) >= 11 is 0. The number of unbranched alkanes of at least 4 members (excludes halogenated alkanes) is 28. The van der Waals surface area contributed by atoms with Crippen LogP contribution in [0.1, 0.15) is 271 Å². The maximum absolute atomic E-state index is 13.4. The Morgan fingerprint density at radius 1 is 0.506 bits per heavy atom. The minimum absolute atomic E-state index is 0.104. The Hall–Kier alpha value is -3.16. The van der Waals surface area contributed by atoms with Gasteiger partial charge < -0.3 is 45.1 Å². The van der Waals surface area contributed by atoms with Gasteiger partial charge in [-0.3, -0.25) is 9.59 Å². The maximum Gasteiger partial charge on any atom is 0.306 e. The minimum Gasteiger partial charge on any atom is -0.454 e. The number of aliphatic hydroxyl groups excluding tert-OH is 5. The smallest absolute Gasteiger partial charge is 0.306 e. The molecule has 456 valence electrons. The Morgan fingerprint density at radius 3 is 1.37 bits per heavy atom. The van der Waals surface area contributed by atoms with Crippen molar-refractivity contribution in [1.29, 1.82) is 0 Å². The summed E-state index contributed by atoms with van der Waals surface area (Å²) in [6, 6.07) is -1.03. The number of hydrogen-bond donors (Lipinski definition) is 6. The molecule has 0 aromatic carbocycles. The Kier molecular flexibility index (Phi) is 51.8. The monoisotopic (exact) mass is 1110 g/mol. The second-order valence-electron chi connectivity index (χ2n) is 22.1. The predicted molar refractivity (Wildman–Crippen MR) is 329 cm³/mol. The molecule has 1 aliphatic heterocycles. The molecule has 0 aromatic heterocycles. The zero-order valence-corrected chi connectivity index (χ0v) is 50.5. The first kappa shape index (κ1) is 73.9. The van der Waals surface area contributed by atoms with Gasteiger partial charge in [0.05, 0.1) is 25.4 Å². The molecular formula is C68H119NO10. The topological polar surface area (TPSA) is 175 Å². The van der Waals surface area contributed by atoms with Crippen LogP contribution in [-0.4, -0.2) is 99.6 Å². The summed E-state index contributed by atoms with van der Waals surface area (Å²) in [6.07, 6.45) is 61.9. The number of nitrogens with one attached hydrogen (secondary N) is 1. The van der Waals surface area contributed by atoms with Crippen LogP contribution >= 0.6 is 0 Å². The number of hydrogen-bond acceptors (Lipinski definition) is 10. The van der Waals surface area contributed by atoms with E-state index in [1.807, 2.05) is 6.08 Å². The number of ether oxygens (including phenoxy) is 3. The number of amides is 1. The number of esters is 1. The first-order chi connectivity index (χ1) is 38.7. The minimum atomic E-state index is -1.62. The average molecular weight is 1110 g/mol. The average Bonchev–Trinajstić information content (AvgIpc) is 3.48. The predicted octanol–water partition coefficient (Wildman–Crippen LogP) is 15.7. The maximum atomic E-state index is 13.4. The molecule has 1 aliphatic rings. The van der Waals surface area contributed by atoms with Crippen LogP contribution in [0.4, 0.5) is 0 Å². The SMILES string of the molecule is CC/C=C\C/C=C\C/C=C\C/C=C\C/C=C\C/C=C\CCCCCCCCC(=O)OC1C(OCC(NC(=O)C(O)CCCCCCCCCCCCCC)C(O)/C=C/CCCCCCCCCCCCC)OC(CO)C(O)C1O. The van der Waals surface area contributed by atoms with Crippen LogP contribution in [0.3, 0.4) is 0 Å². The van der Waals surface area contributed by atoms with E-state index in [1.54, 1.807) is 6.08 Å². The van der Waals surface area contributed by atoms with Crippen molar-refractivity contribution < 1.29 is 49.3 Å².